The number of aliphatic carboxylic acids is 1. The van der Waals surface area contributed by atoms with E-state index in [0.29, 0.717) is 0 Å². The van der Waals surface area contributed by atoms with Gasteiger partial charge in [-0.05, 0) is 11.1 Å². The van der Waals surface area contributed by atoms with Gasteiger partial charge in [-0.1, -0.05) is 60.7 Å². The third-order valence-corrected chi connectivity index (χ3v) is 2.22. The smallest absolute Gasteiger partial charge is 0.318 e. The van der Waals surface area contributed by atoms with Crippen LogP contribution in [0.1, 0.15) is 0 Å². The first-order valence-electron chi connectivity index (χ1n) is 5.12. The first-order chi connectivity index (χ1) is 8.24. The van der Waals surface area contributed by atoms with Gasteiger partial charge in [0, 0.05) is 0 Å². The molecule has 0 amide bonds. The number of carboxylic acid groups (broad SMARTS) is 1. The van der Waals surface area contributed by atoms with E-state index in [1.165, 1.54) is 11.1 Å². The molecule has 0 fully saturated rings. The van der Waals surface area contributed by atoms with Crippen LogP contribution in [0.15, 0.2) is 60.7 Å². The van der Waals surface area contributed by atoms with Crippen molar-refractivity contribution in [3.8, 4) is 11.1 Å². The van der Waals surface area contributed by atoms with Crippen molar-refractivity contribution in [2.45, 2.75) is 0 Å². The van der Waals surface area contributed by atoms with Crippen molar-refractivity contribution in [3.63, 3.8) is 0 Å². The molecule has 17 heavy (non-hydrogen) atoms. The van der Waals surface area contributed by atoms with Crippen LogP contribution in [0, 0.1) is 0 Å². The number of rotatable bonds is 2. The molecule has 0 unspecified atom stereocenters. The second kappa shape index (κ2) is 7.47. The van der Waals surface area contributed by atoms with Crippen molar-refractivity contribution in [1.82, 2.24) is 0 Å². The maximum absolute atomic E-state index is 9.24. The lowest BCUT2D eigenvalue weighted by Gasteiger charge is -1.98. The normalized spacial score (nSPS) is 9.00. The minimum Gasteiger partial charge on any atom is -0.480 e. The number of hydrogen-bond acceptors (Lipinski definition) is 1. The molecule has 0 saturated carbocycles. The van der Waals surface area contributed by atoms with Crippen molar-refractivity contribution >= 4 is 17.6 Å². The molecular weight excluding hydrogens is 236 g/mol. The van der Waals surface area contributed by atoms with Crippen LogP contribution in [0.5, 0.6) is 0 Å². The van der Waals surface area contributed by atoms with Gasteiger partial charge in [-0.2, -0.15) is 0 Å². The molecule has 0 atom stereocenters. The van der Waals surface area contributed by atoms with E-state index >= 15 is 0 Å². The molecule has 0 heterocycles. The van der Waals surface area contributed by atoms with Gasteiger partial charge in [-0.15, -0.1) is 11.6 Å². The molecule has 88 valence electrons. The Labute approximate surface area is 105 Å². The predicted octanol–water partition coefficient (Wildman–Crippen LogP) is 3.66. The molecule has 3 heteroatoms. The first kappa shape index (κ1) is 13.3. The van der Waals surface area contributed by atoms with Crippen LogP contribution in [-0.2, 0) is 4.79 Å². The van der Waals surface area contributed by atoms with Gasteiger partial charge < -0.3 is 5.11 Å². The number of carbonyl (C=O) groups is 1. The van der Waals surface area contributed by atoms with E-state index < -0.39 is 5.97 Å². The van der Waals surface area contributed by atoms with E-state index in [9.17, 15) is 4.79 Å². The first-order valence-corrected chi connectivity index (χ1v) is 5.65. The summed E-state index contributed by atoms with van der Waals surface area (Å²) in [5, 5.41) is 7.59. The molecule has 0 bridgehead atoms. The third-order valence-electron chi connectivity index (χ3n) is 2.00. The van der Waals surface area contributed by atoms with Crippen LogP contribution < -0.4 is 0 Å². The van der Waals surface area contributed by atoms with Crippen molar-refractivity contribution in [3.05, 3.63) is 60.7 Å². The van der Waals surface area contributed by atoms with Gasteiger partial charge >= 0.3 is 5.97 Å². The Morgan fingerprint density at radius 3 is 1.41 bits per heavy atom. The van der Waals surface area contributed by atoms with Crippen LogP contribution in [-0.4, -0.2) is 17.0 Å². The molecule has 1 N–H and O–H groups in total. The summed E-state index contributed by atoms with van der Waals surface area (Å²) in [5.74, 6) is -1.29. The Morgan fingerprint density at radius 1 is 0.882 bits per heavy atom. The minimum absolute atomic E-state index is 0.306. The Morgan fingerprint density at radius 2 is 1.18 bits per heavy atom. The van der Waals surface area contributed by atoms with E-state index in [0.717, 1.165) is 0 Å². The Kier molecular flexibility index (Phi) is 5.83. The average molecular weight is 249 g/mol. The second-order valence-electron chi connectivity index (χ2n) is 3.26. The standard InChI is InChI=1S/C12H10.C2H3ClO2/c1-3-7-11(8-4-1)12-9-5-2-6-10-12;3-1-2(4)5/h1-10H;1H2,(H,4,5). The molecule has 2 rings (SSSR count). The summed E-state index contributed by atoms with van der Waals surface area (Å²) in [6, 6.07) is 20.8. The fraction of sp³-hybridized carbons (Fsp3) is 0.0714. The van der Waals surface area contributed by atoms with E-state index in [4.69, 9.17) is 16.7 Å². The molecule has 2 aromatic carbocycles. The van der Waals surface area contributed by atoms with Crippen molar-refractivity contribution < 1.29 is 9.90 Å². The fourth-order valence-electron chi connectivity index (χ4n) is 1.26. The Hall–Kier alpha value is -1.80. The monoisotopic (exact) mass is 248 g/mol. The number of benzene rings is 2. The quantitative estimate of drug-likeness (QED) is 0.824. The van der Waals surface area contributed by atoms with Crippen LogP contribution in [0.2, 0.25) is 0 Å². The highest BCUT2D eigenvalue weighted by molar-refractivity contribution is 6.26. The van der Waals surface area contributed by atoms with Gasteiger partial charge in [0.2, 0.25) is 0 Å². The summed E-state index contributed by atoms with van der Waals surface area (Å²) < 4.78 is 0. The number of carboxylic acids is 1. The SMILES string of the molecule is O=C(O)CCl.c1ccc(-c2ccccc2)cc1. The molecule has 0 radical (unpaired) electrons. The predicted molar refractivity (Wildman–Crippen MR) is 70.2 cm³/mol. The van der Waals surface area contributed by atoms with Gasteiger partial charge in [-0.25, -0.2) is 0 Å². The van der Waals surface area contributed by atoms with E-state index in [1.54, 1.807) is 0 Å². The third kappa shape index (κ3) is 5.18. The number of alkyl halides is 1. The summed E-state index contributed by atoms with van der Waals surface area (Å²) in [6.45, 7) is 0. The van der Waals surface area contributed by atoms with Gasteiger partial charge in [0.15, 0.2) is 0 Å². The van der Waals surface area contributed by atoms with E-state index in [-0.39, 0.29) is 5.88 Å². The largest absolute Gasteiger partial charge is 0.480 e. The van der Waals surface area contributed by atoms with Crippen LogP contribution >= 0.6 is 11.6 Å². The molecule has 0 spiro atoms. The summed E-state index contributed by atoms with van der Waals surface area (Å²) in [6.07, 6.45) is 0. The highest BCUT2D eigenvalue weighted by atomic mass is 35.5. The summed E-state index contributed by atoms with van der Waals surface area (Å²) in [7, 11) is 0. The lowest BCUT2D eigenvalue weighted by atomic mass is 10.1. The zero-order valence-corrected chi connectivity index (χ0v) is 9.97. The molecule has 0 aliphatic carbocycles. The summed E-state index contributed by atoms with van der Waals surface area (Å²) in [4.78, 5) is 9.24. The van der Waals surface area contributed by atoms with E-state index in [2.05, 4.69) is 48.5 Å². The molecule has 0 aromatic heterocycles. The van der Waals surface area contributed by atoms with Gasteiger partial charge in [0.05, 0.1) is 0 Å². The van der Waals surface area contributed by atoms with Crippen LogP contribution in [0.25, 0.3) is 11.1 Å². The summed E-state index contributed by atoms with van der Waals surface area (Å²) in [5.41, 5.74) is 2.55. The number of halogens is 1. The Bertz CT molecular complexity index is 403. The highest BCUT2D eigenvalue weighted by Crippen LogP contribution is 2.17. The van der Waals surface area contributed by atoms with Crippen molar-refractivity contribution in [1.29, 1.82) is 0 Å². The summed E-state index contributed by atoms with van der Waals surface area (Å²) >= 11 is 4.74. The molecule has 2 nitrogen and oxygen atoms in total. The molecule has 0 aliphatic heterocycles. The maximum atomic E-state index is 9.24. The zero-order chi connectivity index (χ0) is 12.5. The lowest BCUT2D eigenvalue weighted by Crippen LogP contribution is -1.92. The van der Waals surface area contributed by atoms with E-state index in [1.807, 2.05) is 12.1 Å². The number of hydrogen-bond donors (Lipinski definition) is 1. The minimum atomic E-state index is -0.980. The van der Waals surface area contributed by atoms with Crippen LogP contribution in [0.3, 0.4) is 0 Å². The van der Waals surface area contributed by atoms with Crippen molar-refractivity contribution in [2.75, 3.05) is 5.88 Å². The maximum Gasteiger partial charge on any atom is 0.318 e. The molecule has 0 aliphatic rings. The molecule has 2 aromatic rings. The van der Waals surface area contributed by atoms with Crippen LogP contribution in [0.4, 0.5) is 0 Å². The Balaban J connectivity index is 0.000000249. The molecular formula is C14H13ClO2. The van der Waals surface area contributed by atoms with Gasteiger partial charge in [-0.3, -0.25) is 4.79 Å². The van der Waals surface area contributed by atoms with Crippen molar-refractivity contribution in [2.24, 2.45) is 0 Å². The van der Waals surface area contributed by atoms with Gasteiger partial charge in [0.1, 0.15) is 5.88 Å². The highest BCUT2D eigenvalue weighted by Gasteiger charge is 1.91. The topological polar surface area (TPSA) is 37.3 Å². The molecule has 0 saturated heterocycles. The fourth-order valence-corrected chi connectivity index (χ4v) is 1.26. The van der Waals surface area contributed by atoms with Gasteiger partial charge in [0.25, 0.3) is 0 Å². The average Bonchev–Trinajstić information content (AvgIpc) is 2.41. The second-order valence-corrected chi connectivity index (χ2v) is 3.53. The zero-order valence-electron chi connectivity index (χ0n) is 9.21. The lowest BCUT2D eigenvalue weighted by molar-refractivity contribution is -0.134.